The van der Waals surface area contributed by atoms with Crippen LogP contribution in [0.25, 0.3) is 0 Å². The van der Waals surface area contributed by atoms with Crippen LogP contribution >= 0.6 is 0 Å². The standard InChI is InChI=1S/C23H30FNO2/c1-2-3-4-6-18-9-13-20(14-10-18)23(26)27-22-15-11-19(12-16-22)7-5-8-21(24)17-25/h8-10,13-14,19,22H,2-7,11-12,15-16H2,1H3. The van der Waals surface area contributed by atoms with E-state index in [9.17, 15) is 9.18 Å². The van der Waals surface area contributed by atoms with Crippen LogP contribution in [0.3, 0.4) is 0 Å². The maximum Gasteiger partial charge on any atom is 0.338 e. The third kappa shape index (κ3) is 7.54. The fraction of sp³-hybridized carbons (Fsp3) is 0.565. The lowest BCUT2D eigenvalue weighted by Crippen LogP contribution is -2.24. The SMILES string of the molecule is CCCCCc1ccc(C(=O)OC2CCC(CCC=C(F)C#N)CC2)cc1. The van der Waals surface area contributed by atoms with Crippen molar-refractivity contribution in [3.8, 4) is 6.07 Å². The highest BCUT2D eigenvalue weighted by Crippen LogP contribution is 2.30. The van der Waals surface area contributed by atoms with Gasteiger partial charge < -0.3 is 4.74 Å². The van der Waals surface area contributed by atoms with Gasteiger partial charge in [0, 0.05) is 0 Å². The number of nitrogens with zero attached hydrogens (tertiary/aromatic N) is 1. The van der Waals surface area contributed by atoms with Gasteiger partial charge in [0.1, 0.15) is 12.2 Å². The first-order valence-corrected chi connectivity index (χ1v) is 10.2. The van der Waals surface area contributed by atoms with Gasteiger partial charge in [-0.2, -0.15) is 9.65 Å². The fourth-order valence-corrected chi connectivity index (χ4v) is 3.64. The largest absolute Gasteiger partial charge is 0.459 e. The monoisotopic (exact) mass is 371 g/mol. The molecule has 1 aliphatic rings. The third-order valence-corrected chi connectivity index (χ3v) is 5.33. The van der Waals surface area contributed by atoms with Gasteiger partial charge in [-0.05, 0) is 81.1 Å². The van der Waals surface area contributed by atoms with E-state index in [0.29, 0.717) is 17.9 Å². The minimum absolute atomic E-state index is 0.0237. The summed E-state index contributed by atoms with van der Waals surface area (Å²) in [5.74, 6) is -0.420. The van der Waals surface area contributed by atoms with Gasteiger partial charge in [-0.15, -0.1) is 0 Å². The molecule has 0 amide bonds. The number of rotatable bonds is 9. The van der Waals surface area contributed by atoms with Crippen LogP contribution in [0, 0.1) is 17.2 Å². The molecule has 0 heterocycles. The number of carbonyl (C=O) groups excluding carboxylic acids is 1. The fourth-order valence-electron chi connectivity index (χ4n) is 3.64. The van der Waals surface area contributed by atoms with Crippen molar-refractivity contribution >= 4 is 5.97 Å². The summed E-state index contributed by atoms with van der Waals surface area (Å²) in [6.45, 7) is 2.19. The molecule has 27 heavy (non-hydrogen) atoms. The van der Waals surface area contributed by atoms with Gasteiger partial charge in [0.25, 0.3) is 0 Å². The molecule has 0 saturated heterocycles. The van der Waals surface area contributed by atoms with Crippen LogP contribution in [0.2, 0.25) is 0 Å². The molecule has 0 bridgehead atoms. The molecule has 0 spiro atoms. The van der Waals surface area contributed by atoms with Gasteiger partial charge in [-0.1, -0.05) is 31.9 Å². The maximum absolute atomic E-state index is 12.8. The van der Waals surface area contributed by atoms with E-state index in [-0.39, 0.29) is 12.1 Å². The van der Waals surface area contributed by atoms with E-state index in [4.69, 9.17) is 10.00 Å². The lowest BCUT2D eigenvalue weighted by molar-refractivity contribution is 0.0162. The normalized spacial score (nSPS) is 20.1. The Bertz CT molecular complexity index is 652. The van der Waals surface area contributed by atoms with Crippen molar-refractivity contribution in [3.05, 3.63) is 47.3 Å². The Morgan fingerprint density at radius 3 is 2.56 bits per heavy atom. The Labute approximate surface area is 162 Å². The number of esters is 1. The van der Waals surface area contributed by atoms with Crippen molar-refractivity contribution in [2.24, 2.45) is 5.92 Å². The van der Waals surface area contributed by atoms with Gasteiger partial charge in [0.05, 0.1) is 5.56 Å². The number of carbonyl (C=O) groups is 1. The Morgan fingerprint density at radius 1 is 1.22 bits per heavy atom. The van der Waals surface area contributed by atoms with Crippen molar-refractivity contribution in [2.45, 2.75) is 77.2 Å². The Balaban J connectivity index is 1.71. The number of ether oxygens (including phenoxy) is 1. The molecule has 3 nitrogen and oxygen atoms in total. The third-order valence-electron chi connectivity index (χ3n) is 5.33. The van der Waals surface area contributed by atoms with Crippen LogP contribution in [-0.2, 0) is 11.2 Å². The highest BCUT2D eigenvalue weighted by atomic mass is 19.1. The smallest absolute Gasteiger partial charge is 0.338 e. The zero-order valence-corrected chi connectivity index (χ0v) is 16.3. The van der Waals surface area contributed by atoms with E-state index in [2.05, 4.69) is 6.92 Å². The molecule has 1 aromatic carbocycles. The summed E-state index contributed by atoms with van der Waals surface area (Å²) in [5.41, 5.74) is 1.89. The second-order valence-corrected chi connectivity index (χ2v) is 7.44. The molecular weight excluding hydrogens is 341 g/mol. The number of hydrogen-bond acceptors (Lipinski definition) is 3. The molecule has 0 atom stereocenters. The van der Waals surface area contributed by atoms with E-state index in [1.54, 1.807) is 0 Å². The van der Waals surface area contributed by atoms with E-state index >= 15 is 0 Å². The van der Waals surface area contributed by atoms with Crippen LogP contribution in [0.1, 0.15) is 80.6 Å². The molecule has 0 aliphatic heterocycles. The molecule has 0 radical (unpaired) electrons. The number of nitriles is 1. The summed E-state index contributed by atoms with van der Waals surface area (Å²) < 4.78 is 18.5. The van der Waals surface area contributed by atoms with Crippen molar-refractivity contribution in [3.63, 3.8) is 0 Å². The number of benzene rings is 1. The molecule has 1 fully saturated rings. The molecule has 2 rings (SSSR count). The Hall–Kier alpha value is -2.15. The van der Waals surface area contributed by atoms with Crippen LogP contribution < -0.4 is 0 Å². The van der Waals surface area contributed by atoms with Crippen LogP contribution in [0.5, 0.6) is 0 Å². The van der Waals surface area contributed by atoms with Crippen molar-refractivity contribution in [1.29, 1.82) is 5.26 Å². The van der Waals surface area contributed by atoms with Gasteiger partial charge >= 0.3 is 5.97 Å². The molecule has 1 aromatic rings. The lowest BCUT2D eigenvalue weighted by Gasteiger charge is -2.28. The van der Waals surface area contributed by atoms with Gasteiger partial charge in [0.15, 0.2) is 5.83 Å². The zero-order valence-electron chi connectivity index (χ0n) is 16.3. The average Bonchev–Trinajstić information content (AvgIpc) is 2.70. The first-order chi connectivity index (χ1) is 13.1. The van der Waals surface area contributed by atoms with Gasteiger partial charge in [0.2, 0.25) is 0 Å². The molecule has 0 unspecified atom stereocenters. The predicted molar refractivity (Wildman–Crippen MR) is 105 cm³/mol. The summed E-state index contributed by atoms with van der Waals surface area (Å²) in [5, 5.41) is 8.41. The molecule has 4 heteroatoms. The second-order valence-electron chi connectivity index (χ2n) is 7.44. The molecule has 1 saturated carbocycles. The molecular formula is C23H30FNO2. The lowest BCUT2D eigenvalue weighted by atomic mass is 9.84. The quantitative estimate of drug-likeness (QED) is 0.291. The summed E-state index contributed by atoms with van der Waals surface area (Å²) >= 11 is 0. The Kier molecular flexibility index (Phi) is 9.04. The van der Waals surface area contributed by atoms with E-state index in [0.717, 1.165) is 38.5 Å². The molecule has 146 valence electrons. The summed E-state index contributed by atoms with van der Waals surface area (Å²) in [6, 6.07) is 9.28. The number of halogens is 1. The average molecular weight is 371 g/mol. The minimum Gasteiger partial charge on any atom is -0.459 e. The van der Waals surface area contributed by atoms with Crippen LogP contribution in [-0.4, -0.2) is 12.1 Å². The number of hydrogen-bond donors (Lipinski definition) is 0. The van der Waals surface area contributed by atoms with Crippen LogP contribution in [0.15, 0.2) is 36.2 Å². The first-order valence-electron chi connectivity index (χ1n) is 10.2. The second kappa shape index (κ2) is 11.5. The van der Waals surface area contributed by atoms with Crippen LogP contribution in [0.4, 0.5) is 4.39 Å². The molecule has 0 N–H and O–H groups in total. The molecule has 1 aliphatic carbocycles. The highest BCUT2D eigenvalue weighted by Gasteiger charge is 2.24. The first kappa shape index (κ1) is 21.2. The van der Waals surface area contributed by atoms with Crippen molar-refractivity contribution in [1.82, 2.24) is 0 Å². The van der Waals surface area contributed by atoms with Gasteiger partial charge in [-0.3, -0.25) is 0 Å². The highest BCUT2D eigenvalue weighted by molar-refractivity contribution is 5.89. The topological polar surface area (TPSA) is 50.1 Å². The summed E-state index contributed by atoms with van der Waals surface area (Å²) in [6.07, 6.45) is 11.2. The predicted octanol–water partition coefficient (Wildman–Crippen LogP) is 6.29. The number of allylic oxidation sites excluding steroid dienone is 2. The zero-order chi connectivity index (χ0) is 19.5. The van der Waals surface area contributed by atoms with Crippen molar-refractivity contribution in [2.75, 3.05) is 0 Å². The van der Waals surface area contributed by atoms with E-state index < -0.39 is 5.83 Å². The Morgan fingerprint density at radius 2 is 1.93 bits per heavy atom. The molecule has 0 aromatic heterocycles. The minimum atomic E-state index is -0.700. The maximum atomic E-state index is 12.8. The van der Waals surface area contributed by atoms with E-state index in [1.807, 2.05) is 24.3 Å². The number of unbranched alkanes of at least 4 members (excludes halogenated alkanes) is 2. The van der Waals surface area contributed by atoms with Crippen molar-refractivity contribution < 1.29 is 13.9 Å². The number of aryl methyl sites for hydroxylation is 1. The van der Waals surface area contributed by atoms with E-state index in [1.165, 1.54) is 37.0 Å². The summed E-state index contributed by atoms with van der Waals surface area (Å²) in [4.78, 5) is 12.3. The van der Waals surface area contributed by atoms with Gasteiger partial charge in [-0.25, -0.2) is 4.79 Å². The summed E-state index contributed by atoms with van der Waals surface area (Å²) in [7, 11) is 0.